The Morgan fingerprint density at radius 1 is 1.53 bits per heavy atom. The molecule has 0 heterocycles. The van der Waals surface area contributed by atoms with Crippen molar-refractivity contribution in [1.82, 2.24) is 5.32 Å². The second-order valence-corrected chi connectivity index (χ2v) is 3.38. The fourth-order valence-corrected chi connectivity index (χ4v) is 1.35. The summed E-state index contributed by atoms with van der Waals surface area (Å²) in [6, 6.07) is 4.60. The number of alkyl halides is 1. The number of nitrogens with zero attached hydrogens (tertiary/aromatic N) is 1. The van der Waals surface area contributed by atoms with Gasteiger partial charge in [-0.2, -0.15) is 0 Å². The number of ether oxygens (including phenoxy) is 1. The highest BCUT2D eigenvalue weighted by molar-refractivity contribution is 5.48. The summed E-state index contributed by atoms with van der Waals surface area (Å²) >= 11 is 0. The predicted molar refractivity (Wildman–Crippen MR) is 61.9 cm³/mol. The van der Waals surface area contributed by atoms with Crippen molar-refractivity contribution < 1.29 is 14.1 Å². The maximum absolute atomic E-state index is 12.0. The lowest BCUT2D eigenvalue weighted by molar-refractivity contribution is -0.385. The molecule has 0 saturated heterocycles. The van der Waals surface area contributed by atoms with Crippen LogP contribution >= 0.6 is 0 Å². The average molecular weight is 242 g/mol. The third kappa shape index (κ3) is 3.99. The Labute approximate surface area is 98.7 Å². The molecule has 0 aromatic heterocycles. The van der Waals surface area contributed by atoms with Gasteiger partial charge in [0.2, 0.25) is 0 Å². The fraction of sp³-hybridized carbons (Fsp3) is 0.455. The van der Waals surface area contributed by atoms with Crippen LogP contribution in [0.4, 0.5) is 10.1 Å². The fourth-order valence-electron chi connectivity index (χ4n) is 1.35. The van der Waals surface area contributed by atoms with E-state index >= 15 is 0 Å². The zero-order chi connectivity index (χ0) is 12.7. The second kappa shape index (κ2) is 6.80. The van der Waals surface area contributed by atoms with Crippen molar-refractivity contribution >= 4 is 5.69 Å². The van der Waals surface area contributed by atoms with Crippen molar-refractivity contribution in [2.75, 3.05) is 19.8 Å². The van der Waals surface area contributed by atoms with E-state index in [2.05, 4.69) is 5.32 Å². The van der Waals surface area contributed by atoms with E-state index < -0.39 is 11.6 Å². The van der Waals surface area contributed by atoms with Gasteiger partial charge in [-0.1, -0.05) is 13.0 Å². The van der Waals surface area contributed by atoms with Gasteiger partial charge in [-0.15, -0.1) is 0 Å². The highest BCUT2D eigenvalue weighted by atomic mass is 19.1. The molecule has 0 radical (unpaired) electrons. The molecule has 0 aliphatic carbocycles. The van der Waals surface area contributed by atoms with Crippen molar-refractivity contribution in [3.8, 4) is 5.75 Å². The van der Waals surface area contributed by atoms with Crippen LogP contribution in [0, 0.1) is 10.1 Å². The summed E-state index contributed by atoms with van der Waals surface area (Å²) in [5.74, 6) is 0.114. The monoisotopic (exact) mass is 242 g/mol. The molecule has 5 nitrogen and oxygen atoms in total. The quantitative estimate of drug-likeness (QED) is 0.587. The van der Waals surface area contributed by atoms with E-state index in [0.717, 1.165) is 12.1 Å². The van der Waals surface area contributed by atoms with Gasteiger partial charge in [0.1, 0.15) is 13.3 Å². The van der Waals surface area contributed by atoms with Gasteiger partial charge in [-0.3, -0.25) is 10.1 Å². The molecule has 0 aliphatic rings. The zero-order valence-corrected chi connectivity index (χ0v) is 9.61. The topological polar surface area (TPSA) is 64.4 Å². The maximum Gasteiger partial charge on any atom is 0.310 e. The van der Waals surface area contributed by atoms with Gasteiger partial charge in [-0.25, -0.2) is 4.39 Å². The van der Waals surface area contributed by atoms with E-state index in [-0.39, 0.29) is 18.0 Å². The lowest BCUT2D eigenvalue weighted by Gasteiger charge is -2.07. The number of hydrogen-bond acceptors (Lipinski definition) is 4. The zero-order valence-electron chi connectivity index (χ0n) is 9.61. The number of rotatable bonds is 7. The Hall–Kier alpha value is -1.69. The van der Waals surface area contributed by atoms with Crippen molar-refractivity contribution in [3.05, 3.63) is 33.9 Å². The summed E-state index contributed by atoms with van der Waals surface area (Å²) in [5, 5.41) is 13.8. The van der Waals surface area contributed by atoms with E-state index in [4.69, 9.17) is 4.74 Å². The number of nitrogens with one attached hydrogen (secondary N) is 1. The minimum Gasteiger partial charge on any atom is -0.484 e. The molecule has 0 atom stereocenters. The normalized spacial score (nSPS) is 10.2. The van der Waals surface area contributed by atoms with Gasteiger partial charge >= 0.3 is 5.69 Å². The first-order valence-electron chi connectivity index (χ1n) is 5.35. The SMILES string of the molecule is CCNCc1ccc([N+](=O)[O-])c(OCCF)c1. The summed E-state index contributed by atoms with van der Waals surface area (Å²) in [7, 11) is 0. The summed E-state index contributed by atoms with van der Waals surface area (Å²) in [4.78, 5) is 10.2. The number of benzene rings is 1. The Balaban J connectivity index is 2.88. The van der Waals surface area contributed by atoms with Crippen LogP contribution in [0.25, 0.3) is 0 Å². The van der Waals surface area contributed by atoms with Crippen molar-refractivity contribution in [1.29, 1.82) is 0 Å². The van der Waals surface area contributed by atoms with Gasteiger partial charge in [0.15, 0.2) is 5.75 Å². The molecule has 0 spiro atoms. The number of nitro groups is 1. The van der Waals surface area contributed by atoms with E-state index in [0.29, 0.717) is 6.54 Å². The largest absolute Gasteiger partial charge is 0.484 e. The molecule has 6 heteroatoms. The Bertz CT molecular complexity index is 385. The van der Waals surface area contributed by atoms with Gasteiger partial charge in [-0.05, 0) is 18.2 Å². The maximum atomic E-state index is 12.0. The van der Waals surface area contributed by atoms with Crippen molar-refractivity contribution in [3.63, 3.8) is 0 Å². The molecule has 94 valence electrons. The molecule has 17 heavy (non-hydrogen) atoms. The molecular formula is C11H15FN2O3. The smallest absolute Gasteiger partial charge is 0.310 e. The van der Waals surface area contributed by atoms with Crippen LogP contribution in [0.1, 0.15) is 12.5 Å². The number of halogens is 1. The average Bonchev–Trinajstić information content (AvgIpc) is 2.33. The van der Waals surface area contributed by atoms with Crippen LogP contribution < -0.4 is 10.1 Å². The highest BCUT2D eigenvalue weighted by Crippen LogP contribution is 2.27. The lowest BCUT2D eigenvalue weighted by atomic mass is 10.2. The Morgan fingerprint density at radius 3 is 2.88 bits per heavy atom. The molecule has 1 N–H and O–H groups in total. The van der Waals surface area contributed by atoms with Crippen molar-refractivity contribution in [2.45, 2.75) is 13.5 Å². The first kappa shape index (κ1) is 13.4. The molecule has 1 rings (SSSR count). The van der Waals surface area contributed by atoms with Crippen LogP contribution in [-0.4, -0.2) is 24.7 Å². The van der Waals surface area contributed by atoms with E-state index in [9.17, 15) is 14.5 Å². The van der Waals surface area contributed by atoms with Crippen LogP contribution in [0.2, 0.25) is 0 Å². The molecule has 0 unspecified atom stereocenters. The first-order chi connectivity index (χ1) is 8.19. The minimum absolute atomic E-state index is 0.114. The molecule has 0 aliphatic heterocycles. The first-order valence-corrected chi connectivity index (χ1v) is 5.35. The predicted octanol–water partition coefficient (Wildman–Crippen LogP) is 2.05. The third-order valence-corrected chi connectivity index (χ3v) is 2.13. The van der Waals surface area contributed by atoms with Gasteiger partial charge < -0.3 is 10.1 Å². The summed E-state index contributed by atoms with van der Waals surface area (Å²) < 4.78 is 17.0. The Kier molecular flexibility index (Phi) is 5.35. The van der Waals surface area contributed by atoms with Crippen LogP contribution in [0.5, 0.6) is 5.75 Å². The van der Waals surface area contributed by atoms with Gasteiger partial charge in [0, 0.05) is 12.6 Å². The van der Waals surface area contributed by atoms with Gasteiger partial charge in [0.05, 0.1) is 4.92 Å². The molecule has 1 aromatic carbocycles. The summed E-state index contributed by atoms with van der Waals surface area (Å²) in [5.41, 5.74) is 0.727. The number of hydrogen-bond donors (Lipinski definition) is 1. The summed E-state index contributed by atoms with van der Waals surface area (Å²) in [6.07, 6.45) is 0. The molecule has 1 aromatic rings. The molecule has 0 bridgehead atoms. The Morgan fingerprint density at radius 2 is 2.29 bits per heavy atom. The number of nitro benzene ring substituents is 1. The van der Waals surface area contributed by atoms with Crippen molar-refractivity contribution in [2.24, 2.45) is 0 Å². The van der Waals surface area contributed by atoms with Crippen LogP contribution in [0.15, 0.2) is 18.2 Å². The summed E-state index contributed by atoms with van der Waals surface area (Å²) in [6.45, 7) is 2.52. The second-order valence-electron chi connectivity index (χ2n) is 3.38. The van der Waals surface area contributed by atoms with E-state index in [1.165, 1.54) is 6.07 Å². The lowest BCUT2D eigenvalue weighted by Crippen LogP contribution is -2.12. The molecule has 0 saturated carbocycles. The molecule has 0 fully saturated rings. The van der Waals surface area contributed by atoms with Crippen LogP contribution in [-0.2, 0) is 6.54 Å². The molecular weight excluding hydrogens is 227 g/mol. The molecule has 0 amide bonds. The minimum atomic E-state index is -0.672. The highest BCUT2D eigenvalue weighted by Gasteiger charge is 2.15. The van der Waals surface area contributed by atoms with E-state index in [1.807, 2.05) is 6.92 Å². The van der Waals surface area contributed by atoms with E-state index in [1.54, 1.807) is 12.1 Å². The van der Waals surface area contributed by atoms with Crippen LogP contribution in [0.3, 0.4) is 0 Å². The van der Waals surface area contributed by atoms with Gasteiger partial charge in [0.25, 0.3) is 0 Å². The third-order valence-electron chi connectivity index (χ3n) is 2.13. The standard InChI is InChI=1S/C11H15FN2O3/c1-2-13-8-9-3-4-10(14(15)16)11(7-9)17-6-5-12/h3-4,7,13H,2,5-6,8H2,1H3.